The number of hydrogen-bond donors (Lipinski definition) is 2. The van der Waals surface area contributed by atoms with Crippen LogP contribution >= 0.6 is 0 Å². The third-order valence-corrected chi connectivity index (χ3v) is 5.46. The molecule has 6 heteroatoms. The minimum Gasteiger partial charge on any atom is -0.463 e. The third-order valence-electron chi connectivity index (χ3n) is 5.46. The topological polar surface area (TPSA) is 80.3 Å². The fraction of sp³-hybridized carbons (Fsp3) is 0.320. The zero-order valence-electron chi connectivity index (χ0n) is 17.7. The average Bonchev–Trinajstić information content (AvgIpc) is 2.77. The van der Waals surface area contributed by atoms with Crippen molar-refractivity contribution in [3.8, 4) is 11.8 Å². The van der Waals surface area contributed by atoms with Crippen molar-refractivity contribution in [3.63, 3.8) is 0 Å². The van der Waals surface area contributed by atoms with Crippen LogP contribution in [0.4, 0.5) is 4.79 Å². The molecule has 0 saturated carbocycles. The summed E-state index contributed by atoms with van der Waals surface area (Å²) in [6.45, 7) is 3.70. The van der Waals surface area contributed by atoms with Crippen molar-refractivity contribution in [3.05, 3.63) is 64.5 Å². The Hall–Kier alpha value is -3.59. The molecule has 2 N–H and O–H groups in total. The molecule has 2 aliphatic rings. The Labute approximate surface area is 181 Å². The van der Waals surface area contributed by atoms with E-state index < -0.39 is 12.0 Å². The van der Waals surface area contributed by atoms with Gasteiger partial charge in [0.25, 0.3) is 0 Å². The number of hydrogen-bond acceptors (Lipinski definition) is 4. The number of pyridine rings is 1. The van der Waals surface area contributed by atoms with E-state index in [-0.39, 0.29) is 12.6 Å². The van der Waals surface area contributed by atoms with Gasteiger partial charge in [0.2, 0.25) is 0 Å². The molecular formula is C25H25N3O3. The maximum atomic E-state index is 12.7. The predicted octanol–water partition coefficient (Wildman–Crippen LogP) is 4.28. The van der Waals surface area contributed by atoms with Crippen molar-refractivity contribution in [2.24, 2.45) is 0 Å². The molecule has 2 aromatic rings. The van der Waals surface area contributed by atoms with Crippen LogP contribution in [0.5, 0.6) is 0 Å². The van der Waals surface area contributed by atoms with Crippen molar-refractivity contribution >= 4 is 22.9 Å². The standard InChI is InChI=1S/C25H25N3O3/c1-3-31-24(29)22-16(2)26-25(30)28-23(22)19-15-18-11-7-8-12-20(18)27-21(19)14-13-17-9-5-4-6-10-17/h7-9,11-12,15,23H,3-6,10H2,1-2H3,(H2,26,28,30). The van der Waals surface area contributed by atoms with Gasteiger partial charge in [0.1, 0.15) is 5.69 Å². The quantitative estimate of drug-likeness (QED) is 0.579. The van der Waals surface area contributed by atoms with Gasteiger partial charge in [0, 0.05) is 16.6 Å². The van der Waals surface area contributed by atoms with Gasteiger partial charge in [-0.05, 0) is 63.2 Å². The van der Waals surface area contributed by atoms with Crippen LogP contribution < -0.4 is 10.6 Å². The van der Waals surface area contributed by atoms with Crippen LogP contribution in [-0.4, -0.2) is 23.6 Å². The van der Waals surface area contributed by atoms with E-state index in [1.807, 2.05) is 30.3 Å². The van der Waals surface area contributed by atoms with Gasteiger partial charge < -0.3 is 15.4 Å². The van der Waals surface area contributed by atoms with Gasteiger partial charge in [-0.15, -0.1) is 0 Å². The Morgan fingerprint density at radius 1 is 1.26 bits per heavy atom. The van der Waals surface area contributed by atoms with E-state index in [2.05, 4.69) is 28.6 Å². The first kappa shape index (κ1) is 20.7. The highest BCUT2D eigenvalue weighted by atomic mass is 16.5. The molecule has 1 aromatic heterocycles. The fourth-order valence-corrected chi connectivity index (χ4v) is 3.95. The first-order valence-corrected chi connectivity index (χ1v) is 10.6. The highest BCUT2D eigenvalue weighted by Gasteiger charge is 2.34. The van der Waals surface area contributed by atoms with Crippen LogP contribution in [0.15, 0.2) is 53.3 Å². The van der Waals surface area contributed by atoms with Crippen LogP contribution in [0.25, 0.3) is 10.9 Å². The zero-order chi connectivity index (χ0) is 21.8. The van der Waals surface area contributed by atoms with E-state index in [0.717, 1.165) is 35.7 Å². The maximum Gasteiger partial charge on any atom is 0.338 e. The van der Waals surface area contributed by atoms with Gasteiger partial charge in [-0.3, -0.25) is 0 Å². The van der Waals surface area contributed by atoms with Crippen molar-refractivity contribution in [2.45, 2.75) is 45.6 Å². The van der Waals surface area contributed by atoms with Crippen LogP contribution in [0.1, 0.15) is 56.8 Å². The van der Waals surface area contributed by atoms with Gasteiger partial charge in [0.05, 0.1) is 23.7 Å². The molecule has 1 aliphatic carbocycles. The normalized spacial score (nSPS) is 18.5. The summed E-state index contributed by atoms with van der Waals surface area (Å²) >= 11 is 0. The van der Waals surface area contributed by atoms with Gasteiger partial charge in [-0.1, -0.05) is 30.2 Å². The largest absolute Gasteiger partial charge is 0.463 e. The second-order valence-electron chi connectivity index (χ2n) is 7.63. The van der Waals surface area contributed by atoms with E-state index in [1.54, 1.807) is 13.8 Å². The number of amides is 2. The van der Waals surface area contributed by atoms with Crippen molar-refractivity contribution in [1.82, 2.24) is 15.6 Å². The van der Waals surface area contributed by atoms with Crippen LogP contribution in [0.2, 0.25) is 0 Å². The average molecular weight is 415 g/mol. The molecule has 2 amide bonds. The van der Waals surface area contributed by atoms with Gasteiger partial charge in [0.15, 0.2) is 0 Å². The number of rotatable bonds is 3. The Kier molecular flexibility index (Phi) is 6.03. The van der Waals surface area contributed by atoms with E-state index in [4.69, 9.17) is 9.72 Å². The summed E-state index contributed by atoms with van der Waals surface area (Å²) < 4.78 is 5.27. The summed E-state index contributed by atoms with van der Waals surface area (Å²) in [5.74, 6) is 6.01. The molecule has 0 bridgehead atoms. The third kappa shape index (κ3) is 4.46. The van der Waals surface area contributed by atoms with Gasteiger partial charge >= 0.3 is 12.0 Å². The number of allylic oxidation sites excluding steroid dienone is 3. The lowest BCUT2D eigenvalue weighted by atomic mass is 9.93. The summed E-state index contributed by atoms with van der Waals surface area (Å²) in [5.41, 5.74) is 3.98. The number of ether oxygens (including phenoxy) is 1. The van der Waals surface area contributed by atoms with E-state index >= 15 is 0 Å². The zero-order valence-corrected chi connectivity index (χ0v) is 17.7. The summed E-state index contributed by atoms with van der Waals surface area (Å²) in [6.07, 6.45) is 6.52. The minimum absolute atomic E-state index is 0.243. The SMILES string of the molecule is CCOC(=O)C1=C(C)NC(=O)NC1c1cc2ccccc2nc1C#CC1=CCCCC1. The second kappa shape index (κ2) is 9.05. The molecule has 0 spiro atoms. The number of benzene rings is 1. The minimum atomic E-state index is -0.699. The number of esters is 1. The Bertz CT molecular complexity index is 1170. The molecule has 158 valence electrons. The predicted molar refractivity (Wildman–Crippen MR) is 119 cm³/mol. The first-order valence-electron chi connectivity index (χ1n) is 10.6. The number of nitrogens with zero attached hydrogens (tertiary/aromatic N) is 1. The molecule has 0 saturated heterocycles. The number of aromatic nitrogens is 1. The summed E-state index contributed by atoms with van der Waals surface area (Å²) in [7, 11) is 0. The van der Waals surface area contributed by atoms with Crippen LogP contribution in [0.3, 0.4) is 0 Å². The van der Waals surface area contributed by atoms with E-state index in [9.17, 15) is 9.59 Å². The Morgan fingerprint density at radius 2 is 2.10 bits per heavy atom. The summed E-state index contributed by atoms with van der Waals surface area (Å²) in [4.78, 5) is 29.8. The monoisotopic (exact) mass is 415 g/mol. The molecule has 2 heterocycles. The van der Waals surface area contributed by atoms with Gasteiger partial charge in [-0.25, -0.2) is 14.6 Å². The first-order chi connectivity index (χ1) is 15.1. The molecule has 4 rings (SSSR count). The van der Waals surface area contributed by atoms with Crippen molar-refractivity contribution < 1.29 is 14.3 Å². The van der Waals surface area contributed by atoms with Crippen LogP contribution in [-0.2, 0) is 9.53 Å². The highest BCUT2D eigenvalue weighted by Crippen LogP contribution is 2.31. The number of urea groups is 1. The molecule has 31 heavy (non-hydrogen) atoms. The molecule has 1 aromatic carbocycles. The van der Waals surface area contributed by atoms with Gasteiger partial charge in [-0.2, -0.15) is 0 Å². The number of nitrogens with one attached hydrogen (secondary N) is 2. The number of fused-ring (bicyclic) bond motifs is 1. The lowest BCUT2D eigenvalue weighted by Gasteiger charge is -2.28. The Morgan fingerprint density at radius 3 is 2.87 bits per heavy atom. The Balaban J connectivity index is 1.87. The van der Waals surface area contributed by atoms with Crippen LogP contribution in [0, 0.1) is 11.8 Å². The molecule has 0 fully saturated rings. The molecule has 6 nitrogen and oxygen atoms in total. The number of carbonyl (C=O) groups is 2. The van der Waals surface area contributed by atoms with E-state index in [0.29, 0.717) is 22.5 Å². The van der Waals surface area contributed by atoms with Crippen molar-refractivity contribution in [1.29, 1.82) is 0 Å². The molecule has 1 unspecified atom stereocenters. The van der Waals surface area contributed by atoms with E-state index in [1.165, 1.54) is 6.42 Å². The summed E-state index contributed by atoms with van der Waals surface area (Å²) in [5, 5.41) is 6.45. The fourth-order valence-electron chi connectivity index (χ4n) is 3.95. The molecule has 1 atom stereocenters. The highest BCUT2D eigenvalue weighted by molar-refractivity contribution is 5.95. The summed E-state index contributed by atoms with van der Waals surface area (Å²) in [6, 6.07) is 8.61. The maximum absolute atomic E-state index is 12.7. The molecular weight excluding hydrogens is 390 g/mol. The lowest BCUT2D eigenvalue weighted by molar-refractivity contribution is -0.139. The molecule has 1 aliphatic heterocycles. The lowest BCUT2D eigenvalue weighted by Crippen LogP contribution is -2.45. The smallest absolute Gasteiger partial charge is 0.338 e. The van der Waals surface area contributed by atoms with Crippen molar-refractivity contribution in [2.75, 3.05) is 6.61 Å². The molecule has 0 radical (unpaired) electrons. The number of para-hydroxylation sites is 1. The second-order valence-corrected chi connectivity index (χ2v) is 7.63. The number of carbonyl (C=O) groups excluding carboxylic acids is 2.